The molecule has 1 aromatic heterocycles. The van der Waals surface area contributed by atoms with Crippen molar-refractivity contribution in [3.8, 4) is 5.75 Å². The summed E-state index contributed by atoms with van der Waals surface area (Å²) >= 11 is 0. The number of carbonyl (C=O) groups excluding carboxylic acids is 1. The van der Waals surface area contributed by atoms with Gasteiger partial charge in [0.2, 0.25) is 5.91 Å². The second-order valence-corrected chi connectivity index (χ2v) is 7.04. The fourth-order valence-electron chi connectivity index (χ4n) is 3.68. The van der Waals surface area contributed by atoms with Crippen LogP contribution in [0, 0.1) is 19.8 Å². The van der Waals surface area contributed by atoms with Crippen LogP contribution in [0.25, 0.3) is 0 Å². The number of fused-ring (bicyclic) bond motifs is 1. The molecule has 0 N–H and O–H groups in total. The molecule has 0 aliphatic carbocycles. The van der Waals surface area contributed by atoms with E-state index in [9.17, 15) is 4.79 Å². The molecule has 1 atom stereocenters. The highest BCUT2D eigenvalue weighted by Crippen LogP contribution is 2.28. The van der Waals surface area contributed by atoms with Crippen molar-refractivity contribution >= 4 is 5.91 Å². The molecule has 1 aromatic carbocycles. The number of hydrogen-bond donors (Lipinski definition) is 0. The van der Waals surface area contributed by atoms with E-state index in [0.29, 0.717) is 32.7 Å². The standard InChI is InChI=1S/C21H29N3O3/c1-5-24-16(3)19(15(2)22-24)13-23(10-11-26-4)21(25)18-12-17-8-6-7-9-20(17)27-14-18/h6-9,18H,5,10-14H2,1-4H3/t18-/m0/s1. The molecule has 27 heavy (non-hydrogen) atoms. The number of ether oxygens (including phenoxy) is 2. The molecule has 6 nitrogen and oxygen atoms in total. The fourth-order valence-corrected chi connectivity index (χ4v) is 3.68. The van der Waals surface area contributed by atoms with Crippen LogP contribution in [0.2, 0.25) is 0 Å². The summed E-state index contributed by atoms with van der Waals surface area (Å²) in [6.07, 6.45) is 0.713. The fraction of sp³-hybridized carbons (Fsp3) is 0.524. The number of carbonyl (C=O) groups is 1. The SMILES string of the molecule is CCn1nc(C)c(CN(CCOC)C(=O)[C@@H]2COc3ccccc3C2)c1C. The van der Waals surface area contributed by atoms with E-state index < -0.39 is 0 Å². The number of aromatic nitrogens is 2. The van der Waals surface area contributed by atoms with Crippen LogP contribution < -0.4 is 4.74 Å². The van der Waals surface area contributed by atoms with Crippen molar-refractivity contribution < 1.29 is 14.3 Å². The smallest absolute Gasteiger partial charge is 0.229 e. The van der Waals surface area contributed by atoms with Crippen molar-refractivity contribution in [2.45, 2.75) is 40.3 Å². The topological polar surface area (TPSA) is 56.6 Å². The first-order valence-electron chi connectivity index (χ1n) is 9.56. The number of rotatable bonds is 7. The Kier molecular flexibility index (Phi) is 6.16. The lowest BCUT2D eigenvalue weighted by Crippen LogP contribution is -2.42. The third kappa shape index (κ3) is 4.16. The number of hydrogen-bond acceptors (Lipinski definition) is 4. The molecule has 0 spiro atoms. The molecule has 2 aromatic rings. The number of amides is 1. The average Bonchev–Trinajstić information content (AvgIpc) is 2.97. The number of nitrogens with zero attached hydrogens (tertiary/aromatic N) is 3. The first-order chi connectivity index (χ1) is 13.0. The minimum Gasteiger partial charge on any atom is -0.492 e. The third-order valence-corrected chi connectivity index (χ3v) is 5.29. The zero-order chi connectivity index (χ0) is 19.4. The summed E-state index contributed by atoms with van der Waals surface area (Å²) in [5.41, 5.74) is 4.32. The summed E-state index contributed by atoms with van der Waals surface area (Å²) in [7, 11) is 1.66. The van der Waals surface area contributed by atoms with Crippen LogP contribution in [0.15, 0.2) is 24.3 Å². The molecular weight excluding hydrogens is 342 g/mol. The van der Waals surface area contributed by atoms with E-state index in [-0.39, 0.29) is 11.8 Å². The Balaban J connectivity index is 1.78. The molecule has 0 radical (unpaired) electrons. The van der Waals surface area contributed by atoms with Crippen molar-refractivity contribution in [1.29, 1.82) is 0 Å². The molecule has 1 aliphatic heterocycles. The summed E-state index contributed by atoms with van der Waals surface area (Å²) in [5.74, 6) is 0.837. The maximum absolute atomic E-state index is 13.3. The van der Waals surface area contributed by atoms with Crippen molar-refractivity contribution in [1.82, 2.24) is 14.7 Å². The third-order valence-electron chi connectivity index (χ3n) is 5.29. The highest BCUT2D eigenvalue weighted by molar-refractivity contribution is 5.80. The minimum absolute atomic E-state index is 0.115. The van der Waals surface area contributed by atoms with Gasteiger partial charge in [0.1, 0.15) is 12.4 Å². The average molecular weight is 371 g/mol. The van der Waals surface area contributed by atoms with Crippen molar-refractivity contribution in [3.63, 3.8) is 0 Å². The molecule has 146 valence electrons. The van der Waals surface area contributed by atoms with Gasteiger partial charge in [-0.05, 0) is 38.8 Å². The maximum atomic E-state index is 13.3. The van der Waals surface area contributed by atoms with E-state index in [1.54, 1.807) is 7.11 Å². The molecule has 6 heteroatoms. The second kappa shape index (κ2) is 8.57. The van der Waals surface area contributed by atoms with Crippen LogP contribution in [0.1, 0.15) is 29.4 Å². The summed E-state index contributed by atoms with van der Waals surface area (Å²) < 4.78 is 13.1. The van der Waals surface area contributed by atoms with Crippen LogP contribution >= 0.6 is 0 Å². The van der Waals surface area contributed by atoms with Gasteiger partial charge in [0, 0.05) is 38.0 Å². The van der Waals surface area contributed by atoms with Gasteiger partial charge in [-0.1, -0.05) is 18.2 Å². The Morgan fingerprint density at radius 2 is 2.15 bits per heavy atom. The molecule has 0 fully saturated rings. The predicted molar refractivity (Wildman–Crippen MR) is 104 cm³/mol. The summed E-state index contributed by atoms with van der Waals surface area (Å²) in [4.78, 5) is 15.2. The van der Waals surface area contributed by atoms with Gasteiger partial charge >= 0.3 is 0 Å². The highest BCUT2D eigenvalue weighted by atomic mass is 16.5. The van der Waals surface area contributed by atoms with Gasteiger partial charge < -0.3 is 14.4 Å². The van der Waals surface area contributed by atoms with Gasteiger partial charge in [0.15, 0.2) is 0 Å². The van der Waals surface area contributed by atoms with Gasteiger partial charge in [-0.25, -0.2) is 0 Å². The van der Waals surface area contributed by atoms with Crippen LogP contribution in [0.3, 0.4) is 0 Å². The van der Waals surface area contributed by atoms with Crippen LogP contribution in [-0.4, -0.2) is 47.5 Å². The number of benzene rings is 1. The molecule has 1 amide bonds. The zero-order valence-corrected chi connectivity index (χ0v) is 16.7. The first kappa shape index (κ1) is 19.4. The normalized spacial score (nSPS) is 15.9. The van der Waals surface area contributed by atoms with Crippen LogP contribution in [0.4, 0.5) is 0 Å². The lowest BCUT2D eigenvalue weighted by Gasteiger charge is -2.30. The molecular formula is C21H29N3O3. The quantitative estimate of drug-likeness (QED) is 0.751. The lowest BCUT2D eigenvalue weighted by molar-refractivity contribution is -0.138. The van der Waals surface area contributed by atoms with E-state index in [1.807, 2.05) is 40.8 Å². The van der Waals surface area contributed by atoms with E-state index >= 15 is 0 Å². The zero-order valence-electron chi connectivity index (χ0n) is 16.7. The van der Waals surface area contributed by atoms with Crippen LogP contribution in [-0.2, 0) is 29.0 Å². The van der Waals surface area contributed by atoms with Gasteiger partial charge in [-0.15, -0.1) is 0 Å². The molecule has 2 heterocycles. The lowest BCUT2D eigenvalue weighted by atomic mass is 9.95. The minimum atomic E-state index is -0.168. The summed E-state index contributed by atoms with van der Waals surface area (Å²) in [5, 5.41) is 4.59. The largest absolute Gasteiger partial charge is 0.492 e. The molecule has 0 unspecified atom stereocenters. The van der Waals surface area contributed by atoms with E-state index in [2.05, 4.69) is 18.9 Å². The highest BCUT2D eigenvalue weighted by Gasteiger charge is 2.30. The summed E-state index contributed by atoms with van der Waals surface area (Å²) in [6.45, 7) is 9.02. The van der Waals surface area contributed by atoms with E-state index in [1.165, 1.54) is 0 Å². The first-order valence-corrected chi connectivity index (χ1v) is 9.56. The van der Waals surface area contributed by atoms with Crippen molar-refractivity contribution in [2.75, 3.05) is 26.9 Å². The van der Waals surface area contributed by atoms with Crippen molar-refractivity contribution in [3.05, 3.63) is 46.8 Å². The van der Waals surface area contributed by atoms with Crippen molar-refractivity contribution in [2.24, 2.45) is 5.92 Å². The van der Waals surface area contributed by atoms with E-state index in [0.717, 1.165) is 34.8 Å². The Morgan fingerprint density at radius 3 is 2.85 bits per heavy atom. The Morgan fingerprint density at radius 1 is 1.37 bits per heavy atom. The molecule has 0 saturated heterocycles. The number of methoxy groups -OCH3 is 1. The van der Waals surface area contributed by atoms with E-state index in [4.69, 9.17) is 9.47 Å². The van der Waals surface area contributed by atoms with Gasteiger partial charge in [-0.2, -0.15) is 5.10 Å². The Hall–Kier alpha value is -2.34. The molecule has 3 rings (SSSR count). The summed E-state index contributed by atoms with van der Waals surface area (Å²) in [6, 6.07) is 7.95. The van der Waals surface area contributed by atoms with Gasteiger partial charge in [0.05, 0.1) is 18.2 Å². The van der Waals surface area contributed by atoms with Gasteiger partial charge in [0.25, 0.3) is 0 Å². The number of para-hydroxylation sites is 1. The molecule has 0 saturated carbocycles. The Labute approximate surface area is 161 Å². The van der Waals surface area contributed by atoms with Gasteiger partial charge in [-0.3, -0.25) is 9.48 Å². The number of aryl methyl sites for hydroxylation is 2. The molecule has 0 bridgehead atoms. The molecule has 1 aliphatic rings. The Bertz CT molecular complexity index is 800. The van der Waals surface area contributed by atoms with Crippen LogP contribution in [0.5, 0.6) is 5.75 Å². The predicted octanol–water partition coefficient (Wildman–Crippen LogP) is 2.75. The monoisotopic (exact) mass is 371 g/mol. The maximum Gasteiger partial charge on any atom is 0.229 e. The second-order valence-electron chi connectivity index (χ2n) is 7.04.